The van der Waals surface area contributed by atoms with Crippen molar-refractivity contribution in [2.75, 3.05) is 23.7 Å². The minimum Gasteiger partial charge on any atom is -0.355 e. The second kappa shape index (κ2) is 11.0. The van der Waals surface area contributed by atoms with E-state index >= 15 is 0 Å². The van der Waals surface area contributed by atoms with Gasteiger partial charge in [0.2, 0.25) is 21.8 Å². The second-order valence-electron chi connectivity index (χ2n) is 12.1. The van der Waals surface area contributed by atoms with Gasteiger partial charge in [0.25, 0.3) is 0 Å². The number of carbonyl (C=O) groups excluding carboxylic acids is 2. The van der Waals surface area contributed by atoms with Crippen molar-refractivity contribution in [2.24, 2.45) is 17.8 Å². The molecule has 0 heterocycles. The van der Waals surface area contributed by atoms with Crippen LogP contribution in [0.2, 0.25) is 0 Å². The number of sulfonamides is 1. The molecule has 4 bridgehead atoms. The van der Waals surface area contributed by atoms with E-state index in [1.165, 1.54) is 53.3 Å². The van der Waals surface area contributed by atoms with Crippen molar-refractivity contribution < 1.29 is 18.0 Å². The number of anilines is 1. The normalized spacial score (nSPS) is 26.2. The van der Waals surface area contributed by atoms with Gasteiger partial charge in [-0.15, -0.1) is 0 Å². The first kappa shape index (κ1) is 27.7. The fourth-order valence-corrected chi connectivity index (χ4v) is 8.59. The summed E-state index contributed by atoms with van der Waals surface area (Å²) in [7, 11) is -3.75. The molecule has 7 nitrogen and oxygen atoms in total. The molecule has 4 fully saturated rings. The fourth-order valence-electron chi connectivity index (χ4n) is 7.74. The Kier molecular flexibility index (Phi) is 7.77. The number of rotatable bonds is 10. The van der Waals surface area contributed by atoms with Gasteiger partial charge in [-0.25, -0.2) is 8.42 Å². The third-order valence-electron chi connectivity index (χ3n) is 9.20. The first-order valence-electron chi connectivity index (χ1n) is 14.3. The number of amides is 2. The molecule has 0 saturated heterocycles. The molecule has 1 atom stereocenters. The van der Waals surface area contributed by atoms with E-state index in [2.05, 4.69) is 17.4 Å². The van der Waals surface area contributed by atoms with E-state index in [0.29, 0.717) is 12.2 Å². The number of hydrogen-bond donors (Lipinski definition) is 1. The van der Waals surface area contributed by atoms with Crippen molar-refractivity contribution >= 4 is 27.5 Å². The van der Waals surface area contributed by atoms with Gasteiger partial charge in [-0.3, -0.25) is 13.9 Å². The van der Waals surface area contributed by atoms with Crippen LogP contribution < -0.4 is 9.62 Å². The second-order valence-corrected chi connectivity index (χ2v) is 14.0. The monoisotopic (exact) mass is 551 g/mol. The van der Waals surface area contributed by atoms with Crippen LogP contribution in [0.5, 0.6) is 0 Å². The van der Waals surface area contributed by atoms with Crippen LogP contribution in [-0.4, -0.2) is 50.5 Å². The Morgan fingerprint density at radius 1 is 0.949 bits per heavy atom. The van der Waals surface area contributed by atoms with Gasteiger partial charge in [0.1, 0.15) is 12.6 Å². The molecule has 0 unspecified atom stereocenters. The van der Waals surface area contributed by atoms with Gasteiger partial charge in [-0.1, -0.05) is 42.5 Å². The lowest BCUT2D eigenvalue weighted by Gasteiger charge is -2.57. The zero-order valence-corrected chi connectivity index (χ0v) is 24.1. The summed E-state index contributed by atoms with van der Waals surface area (Å²) in [6.07, 6.45) is 8.94. The number of nitrogens with zero attached hydrogens (tertiary/aromatic N) is 2. The fraction of sp³-hybridized carbons (Fsp3) is 0.548. The van der Waals surface area contributed by atoms with E-state index in [-0.39, 0.29) is 24.4 Å². The summed E-state index contributed by atoms with van der Waals surface area (Å²) < 4.78 is 27.0. The highest BCUT2D eigenvalue weighted by Crippen LogP contribution is 2.60. The van der Waals surface area contributed by atoms with Gasteiger partial charge in [0, 0.05) is 13.1 Å². The summed E-state index contributed by atoms with van der Waals surface area (Å²) in [6.45, 7) is 3.79. The van der Waals surface area contributed by atoms with Gasteiger partial charge in [-0.05, 0) is 98.8 Å². The van der Waals surface area contributed by atoms with E-state index in [0.717, 1.165) is 29.6 Å². The lowest BCUT2D eigenvalue weighted by atomic mass is 9.48. The lowest BCUT2D eigenvalue weighted by molar-refractivity contribution is -0.139. The van der Waals surface area contributed by atoms with Crippen molar-refractivity contribution in [1.29, 1.82) is 0 Å². The lowest BCUT2D eigenvalue weighted by Crippen LogP contribution is -2.51. The SMILES string of the molecule is CCNC(=O)[C@@H](C)N(Cc1ccccc1)C(=O)CN(c1ccc(C23CC4CC(CC(C4)C2)C3)cc1)S(C)(=O)=O. The van der Waals surface area contributed by atoms with Gasteiger partial charge in [-0.2, -0.15) is 0 Å². The first-order valence-corrected chi connectivity index (χ1v) is 16.1. The third kappa shape index (κ3) is 5.86. The van der Waals surface area contributed by atoms with E-state index in [9.17, 15) is 18.0 Å². The molecule has 0 radical (unpaired) electrons. The Labute approximate surface area is 233 Å². The zero-order chi connectivity index (χ0) is 27.8. The molecule has 4 aliphatic carbocycles. The highest BCUT2D eigenvalue weighted by Gasteiger charge is 2.51. The maximum absolute atomic E-state index is 13.7. The molecule has 2 amide bonds. The van der Waals surface area contributed by atoms with Crippen LogP contribution >= 0.6 is 0 Å². The molecule has 0 spiro atoms. The molecule has 4 aliphatic rings. The molecular weight excluding hydrogens is 510 g/mol. The molecule has 4 saturated carbocycles. The molecule has 210 valence electrons. The van der Waals surface area contributed by atoms with Crippen LogP contribution in [0.4, 0.5) is 5.69 Å². The highest BCUT2D eigenvalue weighted by molar-refractivity contribution is 7.92. The molecule has 39 heavy (non-hydrogen) atoms. The molecule has 2 aromatic carbocycles. The molecular formula is C31H41N3O4S. The molecule has 0 aromatic heterocycles. The molecule has 2 aromatic rings. The van der Waals surface area contributed by atoms with E-state index in [1.807, 2.05) is 49.4 Å². The van der Waals surface area contributed by atoms with Gasteiger partial charge >= 0.3 is 0 Å². The van der Waals surface area contributed by atoms with Crippen molar-refractivity contribution in [1.82, 2.24) is 10.2 Å². The summed E-state index contributed by atoms with van der Waals surface area (Å²) in [6, 6.07) is 16.6. The van der Waals surface area contributed by atoms with E-state index < -0.39 is 22.0 Å². The molecule has 0 aliphatic heterocycles. The van der Waals surface area contributed by atoms with E-state index in [4.69, 9.17) is 0 Å². The maximum atomic E-state index is 13.7. The minimum atomic E-state index is -3.75. The topological polar surface area (TPSA) is 86.8 Å². The Bertz CT molecular complexity index is 1260. The predicted octanol–water partition coefficient (Wildman–Crippen LogP) is 4.47. The average Bonchev–Trinajstić information content (AvgIpc) is 2.89. The van der Waals surface area contributed by atoms with Crippen LogP contribution in [0.15, 0.2) is 54.6 Å². The quantitative estimate of drug-likeness (QED) is 0.472. The Hall–Kier alpha value is -2.87. The zero-order valence-electron chi connectivity index (χ0n) is 23.3. The van der Waals surface area contributed by atoms with Gasteiger partial charge < -0.3 is 10.2 Å². The number of likely N-dealkylation sites (N-methyl/N-ethyl adjacent to an activating group) is 1. The van der Waals surface area contributed by atoms with Gasteiger partial charge in [0.15, 0.2) is 0 Å². The van der Waals surface area contributed by atoms with Crippen molar-refractivity contribution in [2.45, 2.75) is 70.4 Å². The summed E-state index contributed by atoms with van der Waals surface area (Å²) in [5.74, 6) is 1.77. The predicted molar refractivity (Wildman–Crippen MR) is 154 cm³/mol. The smallest absolute Gasteiger partial charge is 0.244 e. The van der Waals surface area contributed by atoms with Crippen molar-refractivity contribution in [3.63, 3.8) is 0 Å². The largest absolute Gasteiger partial charge is 0.355 e. The van der Waals surface area contributed by atoms with Crippen LogP contribution in [-0.2, 0) is 31.6 Å². The summed E-state index contributed by atoms with van der Waals surface area (Å²) in [5, 5.41) is 2.78. The van der Waals surface area contributed by atoms with Crippen LogP contribution in [0, 0.1) is 17.8 Å². The maximum Gasteiger partial charge on any atom is 0.244 e. The Morgan fingerprint density at radius 3 is 2.03 bits per heavy atom. The standard InChI is InChI=1S/C31H41N3O4S/c1-4-32-30(36)22(2)33(20-23-8-6-5-7-9-23)29(35)21-34(39(3,37)38)28-12-10-27(11-13-28)31-17-24-14-25(18-31)16-26(15-24)19-31/h5-13,22,24-26H,4,14-21H2,1-3H3,(H,32,36)/t22-,24?,25?,26?,31?/m1/s1. The minimum absolute atomic E-state index is 0.209. The third-order valence-corrected chi connectivity index (χ3v) is 10.3. The van der Waals surface area contributed by atoms with Crippen molar-refractivity contribution in [3.05, 3.63) is 65.7 Å². The Morgan fingerprint density at radius 2 is 1.51 bits per heavy atom. The molecule has 8 heteroatoms. The number of carbonyl (C=O) groups is 2. The summed E-state index contributed by atoms with van der Waals surface area (Å²) in [4.78, 5) is 27.8. The number of benzene rings is 2. The van der Waals surface area contributed by atoms with Crippen LogP contribution in [0.1, 0.15) is 63.5 Å². The van der Waals surface area contributed by atoms with Crippen LogP contribution in [0.3, 0.4) is 0 Å². The molecule has 1 N–H and O–H groups in total. The summed E-state index contributed by atoms with van der Waals surface area (Å²) >= 11 is 0. The Balaban J connectivity index is 1.38. The first-order chi connectivity index (χ1) is 18.6. The van der Waals surface area contributed by atoms with E-state index in [1.54, 1.807) is 6.92 Å². The van der Waals surface area contributed by atoms with Crippen LogP contribution in [0.25, 0.3) is 0 Å². The van der Waals surface area contributed by atoms with Gasteiger partial charge in [0.05, 0.1) is 11.9 Å². The average molecular weight is 552 g/mol. The molecule has 6 rings (SSSR count). The van der Waals surface area contributed by atoms with Crippen molar-refractivity contribution in [3.8, 4) is 0 Å². The highest BCUT2D eigenvalue weighted by atomic mass is 32.2. The summed E-state index contributed by atoms with van der Waals surface area (Å²) in [5.41, 5.74) is 2.87. The number of hydrogen-bond acceptors (Lipinski definition) is 4. The number of nitrogens with one attached hydrogen (secondary N) is 1.